The lowest BCUT2D eigenvalue weighted by Gasteiger charge is -2.13. The molecule has 1 N–H and O–H groups in total. The molecule has 16 heavy (non-hydrogen) atoms. The molecule has 0 aliphatic heterocycles. The number of rotatable bonds is 5. The predicted molar refractivity (Wildman–Crippen MR) is 67.5 cm³/mol. The van der Waals surface area contributed by atoms with E-state index >= 15 is 0 Å². The number of nitrogens with one attached hydrogen (secondary N) is 1. The highest BCUT2D eigenvalue weighted by Crippen LogP contribution is 2.15. The van der Waals surface area contributed by atoms with E-state index in [4.69, 9.17) is 0 Å². The van der Waals surface area contributed by atoms with Gasteiger partial charge in [0.05, 0.1) is 12.2 Å². The van der Waals surface area contributed by atoms with Gasteiger partial charge in [-0.1, -0.05) is 0 Å². The highest BCUT2D eigenvalue weighted by Gasteiger charge is 2.13. The average Bonchev–Trinajstić information content (AvgIpc) is 2.57. The van der Waals surface area contributed by atoms with Gasteiger partial charge < -0.3 is 5.32 Å². The Kier molecular flexibility index (Phi) is 4.86. The second-order valence-electron chi connectivity index (χ2n) is 3.84. The van der Waals surface area contributed by atoms with Crippen molar-refractivity contribution < 1.29 is 4.79 Å². The Hall–Kier alpha value is -0.970. The molecule has 1 atom stereocenters. The van der Waals surface area contributed by atoms with Gasteiger partial charge in [0.1, 0.15) is 0 Å². The van der Waals surface area contributed by atoms with Gasteiger partial charge in [-0.2, -0.15) is 16.9 Å². The standard InChI is InChI=1S/C11H19N3OS/c1-8(13-11(15)5-6-16-4)10-7-12-14(3)9(10)2/h7-8H,5-6H2,1-4H3,(H,13,15)/t8-/m1/s1. The highest BCUT2D eigenvalue weighted by atomic mass is 32.2. The predicted octanol–water partition coefficient (Wildman–Crippen LogP) is 1.66. The Morgan fingerprint density at radius 1 is 1.69 bits per heavy atom. The lowest BCUT2D eigenvalue weighted by Crippen LogP contribution is -2.27. The number of aryl methyl sites for hydroxylation is 1. The third-order valence-corrected chi connectivity index (χ3v) is 3.26. The zero-order valence-corrected chi connectivity index (χ0v) is 11.1. The first-order chi connectivity index (χ1) is 7.56. The van der Waals surface area contributed by atoms with E-state index in [0.29, 0.717) is 6.42 Å². The van der Waals surface area contributed by atoms with E-state index in [9.17, 15) is 4.79 Å². The molecule has 0 aromatic carbocycles. The van der Waals surface area contributed by atoms with Crippen molar-refractivity contribution in [1.82, 2.24) is 15.1 Å². The fourth-order valence-corrected chi connectivity index (χ4v) is 1.92. The molecule has 0 unspecified atom stereocenters. The molecule has 0 saturated carbocycles. The average molecular weight is 241 g/mol. The van der Waals surface area contributed by atoms with Crippen molar-refractivity contribution >= 4 is 17.7 Å². The number of carbonyl (C=O) groups excluding carboxylic acids is 1. The van der Waals surface area contributed by atoms with E-state index in [2.05, 4.69) is 10.4 Å². The molecule has 5 heteroatoms. The van der Waals surface area contributed by atoms with Crippen LogP contribution >= 0.6 is 11.8 Å². The van der Waals surface area contributed by atoms with Crippen LogP contribution in [0.15, 0.2) is 6.20 Å². The van der Waals surface area contributed by atoms with Crippen LogP contribution < -0.4 is 5.32 Å². The number of hydrogen-bond acceptors (Lipinski definition) is 3. The minimum atomic E-state index is 0.0306. The monoisotopic (exact) mass is 241 g/mol. The summed E-state index contributed by atoms with van der Waals surface area (Å²) in [7, 11) is 1.90. The minimum Gasteiger partial charge on any atom is -0.349 e. The van der Waals surface area contributed by atoms with Gasteiger partial charge in [-0.25, -0.2) is 0 Å². The second kappa shape index (κ2) is 5.94. The largest absolute Gasteiger partial charge is 0.349 e. The van der Waals surface area contributed by atoms with Crippen LogP contribution in [0.3, 0.4) is 0 Å². The van der Waals surface area contributed by atoms with Gasteiger partial charge in [0.2, 0.25) is 5.91 Å². The van der Waals surface area contributed by atoms with E-state index < -0.39 is 0 Å². The van der Waals surface area contributed by atoms with Gasteiger partial charge >= 0.3 is 0 Å². The molecule has 1 amide bonds. The van der Waals surface area contributed by atoms with Crippen LogP contribution in [-0.2, 0) is 11.8 Å². The first kappa shape index (κ1) is 13.1. The Labute approximate surface area is 101 Å². The summed E-state index contributed by atoms with van der Waals surface area (Å²) in [4.78, 5) is 11.6. The Morgan fingerprint density at radius 3 is 2.88 bits per heavy atom. The minimum absolute atomic E-state index is 0.0306. The SMILES string of the molecule is CSCCC(=O)N[C@H](C)c1cnn(C)c1C. The number of aromatic nitrogens is 2. The highest BCUT2D eigenvalue weighted by molar-refractivity contribution is 7.98. The molecule has 0 spiro atoms. The van der Waals surface area contributed by atoms with Crippen LogP contribution in [0, 0.1) is 6.92 Å². The molecule has 0 radical (unpaired) electrons. The molecule has 0 saturated heterocycles. The Bertz CT molecular complexity index is 362. The summed E-state index contributed by atoms with van der Waals surface area (Å²) >= 11 is 1.68. The Morgan fingerprint density at radius 2 is 2.38 bits per heavy atom. The number of hydrogen-bond donors (Lipinski definition) is 1. The second-order valence-corrected chi connectivity index (χ2v) is 4.83. The number of amides is 1. The van der Waals surface area contributed by atoms with E-state index in [1.54, 1.807) is 11.8 Å². The fourth-order valence-electron chi connectivity index (χ4n) is 1.53. The smallest absolute Gasteiger partial charge is 0.221 e. The normalized spacial score (nSPS) is 12.5. The van der Waals surface area contributed by atoms with Crippen LogP contribution in [0.4, 0.5) is 0 Å². The van der Waals surface area contributed by atoms with Gasteiger partial charge in [-0.15, -0.1) is 0 Å². The van der Waals surface area contributed by atoms with Gasteiger partial charge in [-0.05, 0) is 20.1 Å². The molecular weight excluding hydrogens is 222 g/mol. The van der Waals surface area contributed by atoms with Gasteiger partial charge in [0.15, 0.2) is 0 Å². The molecular formula is C11H19N3OS. The summed E-state index contributed by atoms with van der Waals surface area (Å²) < 4.78 is 1.82. The lowest BCUT2D eigenvalue weighted by molar-refractivity contribution is -0.121. The molecule has 0 bridgehead atoms. The van der Waals surface area contributed by atoms with Gasteiger partial charge in [0.25, 0.3) is 0 Å². The van der Waals surface area contributed by atoms with Crippen molar-refractivity contribution in [1.29, 1.82) is 0 Å². The third-order valence-electron chi connectivity index (χ3n) is 2.65. The molecule has 0 aliphatic rings. The lowest BCUT2D eigenvalue weighted by atomic mass is 10.1. The summed E-state index contributed by atoms with van der Waals surface area (Å²) in [5.74, 6) is 0.968. The van der Waals surface area contributed by atoms with Crippen LogP contribution in [0.25, 0.3) is 0 Å². The van der Waals surface area contributed by atoms with Crippen molar-refractivity contribution in [3.63, 3.8) is 0 Å². The van der Waals surface area contributed by atoms with Gasteiger partial charge in [-0.3, -0.25) is 9.48 Å². The summed E-state index contributed by atoms with van der Waals surface area (Å²) in [5, 5.41) is 7.15. The molecule has 1 rings (SSSR count). The van der Waals surface area contributed by atoms with Crippen molar-refractivity contribution in [3.05, 3.63) is 17.5 Å². The summed E-state index contributed by atoms with van der Waals surface area (Å²) in [5.41, 5.74) is 2.18. The van der Waals surface area contributed by atoms with E-state index in [0.717, 1.165) is 17.0 Å². The van der Waals surface area contributed by atoms with Crippen LogP contribution in [0.5, 0.6) is 0 Å². The third kappa shape index (κ3) is 3.27. The number of carbonyl (C=O) groups is 1. The maximum atomic E-state index is 11.6. The molecule has 1 aromatic heterocycles. The van der Waals surface area contributed by atoms with Crippen molar-refractivity contribution in [2.75, 3.05) is 12.0 Å². The van der Waals surface area contributed by atoms with Crippen LogP contribution in [-0.4, -0.2) is 27.7 Å². The zero-order chi connectivity index (χ0) is 12.1. The first-order valence-electron chi connectivity index (χ1n) is 5.33. The fraction of sp³-hybridized carbons (Fsp3) is 0.636. The molecule has 0 aliphatic carbocycles. The van der Waals surface area contributed by atoms with Crippen LogP contribution in [0.2, 0.25) is 0 Å². The summed E-state index contributed by atoms with van der Waals surface area (Å²) in [6, 6.07) is 0.0306. The van der Waals surface area contributed by atoms with E-state index in [-0.39, 0.29) is 11.9 Å². The summed E-state index contributed by atoms with van der Waals surface area (Å²) in [6.45, 7) is 3.99. The molecule has 90 valence electrons. The topological polar surface area (TPSA) is 46.9 Å². The molecule has 4 nitrogen and oxygen atoms in total. The maximum absolute atomic E-state index is 11.6. The van der Waals surface area contributed by atoms with Gasteiger partial charge in [0, 0.05) is 30.5 Å². The van der Waals surface area contributed by atoms with Crippen molar-refractivity contribution in [2.45, 2.75) is 26.3 Å². The van der Waals surface area contributed by atoms with Crippen molar-refractivity contribution in [3.8, 4) is 0 Å². The van der Waals surface area contributed by atoms with Crippen LogP contribution in [0.1, 0.15) is 30.6 Å². The number of nitrogens with zero attached hydrogens (tertiary/aromatic N) is 2. The first-order valence-corrected chi connectivity index (χ1v) is 6.72. The quantitative estimate of drug-likeness (QED) is 0.853. The molecule has 1 heterocycles. The molecule has 1 aromatic rings. The van der Waals surface area contributed by atoms with Crippen molar-refractivity contribution in [2.24, 2.45) is 7.05 Å². The number of thioether (sulfide) groups is 1. The molecule has 0 fully saturated rings. The maximum Gasteiger partial charge on any atom is 0.221 e. The zero-order valence-electron chi connectivity index (χ0n) is 10.3. The van der Waals surface area contributed by atoms with E-state index in [1.807, 2.05) is 38.0 Å². The summed E-state index contributed by atoms with van der Waals surface area (Å²) in [6.07, 6.45) is 4.39. The van der Waals surface area contributed by atoms with E-state index in [1.165, 1.54) is 0 Å². The Balaban J connectivity index is 2.55.